The minimum absolute atomic E-state index is 0.331. The van der Waals surface area contributed by atoms with E-state index in [0.29, 0.717) is 6.17 Å². The third kappa shape index (κ3) is 2.47. The molecule has 0 spiro atoms. The number of piperazine rings is 1. The molecule has 14 heavy (non-hydrogen) atoms. The maximum Gasteiger partial charge on any atom is 0.0601 e. The van der Waals surface area contributed by atoms with E-state index in [9.17, 15) is 0 Å². The summed E-state index contributed by atoms with van der Waals surface area (Å²) in [5, 5.41) is 3.38. The van der Waals surface area contributed by atoms with Crippen LogP contribution in [-0.2, 0) is 0 Å². The summed E-state index contributed by atoms with van der Waals surface area (Å²) in [6.45, 7) is 4.50. The number of hydrogen-bond donors (Lipinski definition) is 2. The predicted octanol–water partition coefficient (Wildman–Crippen LogP) is 0.757. The van der Waals surface area contributed by atoms with E-state index < -0.39 is 0 Å². The molecule has 1 aliphatic heterocycles. The van der Waals surface area contributed by atoms with Gasteiger partial charge in [0.2, 0.25) is 0 Å². The summed E-state index contributed by atoms with van der Waals surface area (Å²) in [7, 11) is 0. The lowest BCUT2D eigenvalue weighted by atomic mass is 9.86. The maximum absolute atomic E-state index is 6.32. The van der Waals surface area contributed by atoms with Gasteiger partial charge >= 0.3 is 0 Å². The zero-order valence-corrected chi connectivity index (χ0v) is 9.04. The van der Waals surface area contributed by atoms with Crippen LogP contribution in [0.4, 0.5) is 0 Å². The van der Waals surface area contributed by atoms with Crippen molar-refractivity contribution in [2.45, 2.75) is 38.3 Å². The zero-order valence-electron chi connectivity index (χ0n) is 9.04. The van der Waals surface area contributed by atoms with E-state index in [-0.39, 0.29) is 0 Å². The summed E-state index contributed by atoms with van der Waals surface area (Å²) in [5.74, 6) is 0.766. The molecule has 2 aliphatic rings. The van der Waals surface area contributed by atoms with Crippen molar-refractivity contribution < 1.29 is 0 Å². The summed E-state index contributed by atoms with van der Waals surface area (Å²) in [6.07, 6.45) is 7.24. The van der Waals surface area contributed by atoms with Crippen LogP contribution in [0.2, 0.25) is 0 Å². The molecule has 0 amide bonds. The monoisotopic (exact) mass is 197 g/mol. The first-order valence-electron chi connectivity index (χ1n) is 6.08. The van der Waals surface area contributed by atoms with Crippen molar-refractivity contribution in [1.82, 2.24) is 10.2 Å². The molecule has 1 heterocycles. The van der Waals surface area contributed by atoms with Gasteiger partial charge in [0.1, 0.15) is 0 Å². The second kappa shape index (κ2) is 5.10. The Balaban J connectivity index is 1.82. The molecule has 1 saturated heterocycles. The standard InChI is InChI=1S/C11H23N3/c12-11(10-4-2-1-3-5-10)14-8-6-13-7-9-14/h10-11,13H,1-9,12H2. The SMILES string of the molecule is NC(C1CCCCC1)N1CCNCC1. The summed E-state index contributed by atoms with van der Waals surface area (Å²) in [4.78, 5) is 2.46. The number of nitrogens with one attached hydrogen (secondary N) is 1. The summed E-state index contributed by atoms with van der Waals surface area (Å²) in [5.41, 5.74) is 6.32. The molecule has 3 heteroatoms. The van der Waals surface area contributed by atoms with Gasteiger partial charge in [-0.1, -0.05) is 19.3 Å². The highest BCUT2D eigenvalue weighted by Gasteiger charge is 2.26. The molecule has 2 fully saturated rings. The fraction of sp³-hybridized carbons (Fsp3) is 1.00. The Morgan fingerprint density at radius 1 is 1.07 bits per heavy atom. The molecule has 1 saturated carbocycles. The van der Waals surface area contributed by atoms with E-state index in [1.807, 2.05) is 0 Å². The Kier molecular flexibility index (Phi) is 3.79. The van der Waals surface area contributed by atoms with Gasteiger partial charge in [-0.25, -0.2) is 0 Å². The average molecular weight is 197 g/mol. The van der Waals surface area contributed by atoms with Crippen molar-refractivity contribution in [3.05, 3.63) is 0 Å². The molecule has 82 valence electrons. The number of hydrogen-bond acceptors (Lipinski definition) is 3. The molecule has 0 aromatic rings. The van der Waals surface area contributed by atoms with Gasteiger partial charge in [0, 0.05) is 26.2 Å². The minimum atomic E-state index is 0.331. The zero-order chi connectivity index (χ0) is 9.80. The van der Waals surface area contributed by atoms with E-state index in [0.717, 1.165) is 32.1 Å². The Hall–Kier alpha value is -0.120. The third-order valence-electron chi connectivity index (χ3n) is 3.71. The minimum Gasteiger partial charge on any atom is -0.315 e. The van der Waals surface area contributed by atoms with Crippen molar-refractivity contribution >= 4 is 0 Å². The first kappa shape index (κ1) is 10.4. The highest BCUT2D eigenvalue weighted by atomic mass is 15.3. The fourth-order valence-electron chi connectivity index (χ4n) is 2.75. The quantitative estimate of drug-likeness (QED) is 0.686. The van der Waals surface area contributed by atoms with Gasteiger partial charge in [0.15, 0.2) is 0 Å². The third-order valence-corrected chi connectivity index (χ3v) is 3.71. The van der Waals surface area contributed by atoms with Crippen LogP contribution in [0, 0.1) is 5.92 Å². The smallest absolute Gasteiger partial charge is 0.0601 e. The van der Waals surface area contributed by atoms with Gasteiger partial charge in [-0.2, -0.15) is 0 Å². The van der Waals surface area contributed by atoms with Gasteiger partial charge in [-0.05, 0) is 18.8 Å². The van der Waals surface area contributed by atoms with E-state index in [1.54, 1.807) is 0 Å². The van der Waals surface area contributed by atoms with Crippen LogP contribution in [-0.4, -0.2) is 37.2 Å². The molecular formula is C11H23N3. The lowest BCUT2D eigenvalue weighted by Crippen LogP contribution is -2.54. The normalized spacial score (nSPS) is 28.9. The molecule has 0 aromatic carbocycles. The van der Waals surface area contributed by atoms with Gasteiger partial charge in [-0.3, -0.25) is 4.90 Å². The van der Waals surface area contributed by atoms with E-state index in [1.165, 1.54) is 32.1 Å². The van der Waals surface area contributed by atoms with Crippen LogP contribution >= 0.6 is 0 Å². The summed E-state index contributed by atoms with van der Waals surface area (Å²) >= 11 is 0. The van der Waals surface area contributed by atoms with E-state index >= 15 is 0 Å². The number of nitrogens with zero attached hydrogens (tertiary/aromatic N) is 1. The van der Waals surface area contributed by atoms with Crippen LogP contribution in [0.1, 0.15) is 32.1 Å². The lowest BCUT2D eigenvalue weighted by Gasteiger charge is -2.38. The van der Waals surface area contributed by atoms with Gasteiger partial charge in [0.25, 0.3) is 0 Å². The van der Waals surface area contributed by atoms with Crippen molar-refractivity contribution in [2.24, 2.45) is 11.7 Å². The van der Waals surface area contributed by atoms with Crippen LogP contribution in [0.25, 0.3) is 0 Å². The van der Waals surface area contributed by atoms with E-state index in [4.69, 9.17) is 5.73 Å². The Morgan fingerprint density at radius 2 is 1.71 bits per heavy atom. The summed E-state index contributed by atoms with van der Waals surface area (Å²) in [6, 6.07) is 0. The van der Waals surface area contributed by atoms with Crippen molar-refractivity contribution in [1.29, 1.82) is 0 Å². The number of rotatable bonds is 2. The predicted molar refractivity (Wildman–Crippen MR) is 59.0 cm³/mol. The molecule has 0 bridgehead atoms. The van der Waals surface area contributed by atoms with Crippen LogP contribution < -0.4 is 11.1 Å². The highest BCUT2D eigenvalue weighted by molar-refractivity contribution is 4.80. The highest BCUT2D eigenvalue weighted by Crippen LogP contribution is 2.26. The second-order valence-electron chi connectivity index (χ2n) is 4.67. The molecule has 1 atom stereocenters. The molecule has 1 aliphatic carbocycles. The van der Waals surface area contributed by atoms with Crippen molar-refractivity contribution in [3.8, 4) is 0 Å². The molecule has 0 radical (unpaired) electrons. The molecule has 1 unspecified atom stereocenters. The van der Waals surface area contributed by atoms with E-state index in [2.05, 4.69) is 10.2 Å². The van der Waals surface area contributed by atoms with Crippen LogP contribution in [0.3, 0.4) is 0 Å². The Bertz CT molecular complexity index is 142. The fourth-order valence-corrected chi connectivity index (χ4v) is 2.75. The topological polar surface area (TPSA) is 41.3 Å². The first-order valence-corrected chi connectivity index (χ1v) is 6.08. The Labute approximate surface area is 87.0 Å². The molecule has 2 rings (SSSR count). The maximum atomic E-state index is 6.32. The Morgan fingerprint density at radius 3 is 2.36 bits per heavy atom. The largest absolute Gasteiger partial charge is 0.315 e. The molecule has 3 nitrogen and oxygen atoms in total. The van der Waals surface area contributed by atoms with Gasteiger partial charge < -0.3 is 11.1 Å². The van der Waals surface area contributed by atoms with Crippen LogP contribution in [0.5, 0.6) is 0 Å². The molecular weight excluding hydrogens is 174 g/mol. The van der Waals surface area contributed by atoms with Crippen molar-refractivity contribution in [3.63, 3.8) is 0 Å². The van der Waals surface area contributed by atoms with Crippen LogP contribution in [0.15, 0.2) is 0 Å². The lowest BCUT2D eigenvalue weighted by molar-refractivity contribution is 0.107. The van der Waals surface area contributed by atoms with Crippen molar-refractivity contribution in [2.75, 3.05) is 26.2 Å². The van der Waals surface area contributed by atoms with Gasteiger partial charge in [-0.15, -0.1) is 0 Å². The second-order valence-corrected chi connectivity index (χ2v) is 4.67. The number of nitrogens with two attached hydrogens (primary N) is 1. The molecule has 3 N–H and O–H groups in total. The summed E-state index contributed by atoms with van der Waals surface area (Å²) < 4.78 is 0. The average Bonchev–Trinajstić information content (AvgIpc) is 2.30. The first-order chi connectivity index (χ1) is 6.88. The molecule has 0 aromatic heterocycles. The van der Waals surface area contributed by atoms with Gasteiger partial charge in [0.05, 0.1) is 6.17 Å².